The first-order valence-corrected chi connectivity index (χ1v) is 7.25. The maximum Gasteiger partial charge on any atom is 0.119 e. The van der Waals surface area contributed by atoms with Gasteiger partial charge < -0.3 is 9.84 Å². The van der Waals surface area contributed by atoms with E-state index in [4.69, 9.17) is 4.74 Å². The van der Waals surface area contributed by atoms with Crippen LogP contribution in [-0.2, 0) is 0 Å². The number of aryl methyl sites for hydroxylation is 1. The Balaban J connectivity index is 1.69. The molecule has 3 nitrogen and oxygen atoms in total. The number of benzene rings is 1. The number of aliphatic hydroxyl groups excluding tert-OH is 1. The maximum atomic E-state index is 9.40. The highest BCUT2D eigenvalue weighted by molar-refractivity contribution is 5.27. The van der Waals surface area contributed by atoms with Crippen LogP contribution in [0.25, 0.3) is 0 Å². The molecule has 3 heteroatoms. The number of rotatable bonds is 6. The highest BCUT2D eigenvalue weighted by Crippen LogP contribution is 2.23. The lowest BCUT2D eigenvalue weighted by Crippen LogP contribution is -2.36. The zero-order chi connectivity index (χ0) is 13.7. The summed E-state index contributed by atoms with van der Waals surface area (Å²) in [6, 6.07) is 8.51. The molecule has 106 valence electrons. The van der Waals surface area contributed by atoms with Crippen LogP contribution in [0.1, 0.15) is 25.3 Å². The molecule has 2 rings (SSSR count). The van der Waals surface area contributed by atoms with Crippen LogP contribution in [0.3, 0.4) is 0 Å². The van der Waals surface area contributed by atoms with E-state index in [1.165, 1.54) is 12.0 Å². The Bertz CT molecular complexity index is 394. The third-order valence-corrected chi connectivity index (χ3v) is 4.03. The predicted octanol–water partition coefficient (Wildman–Crippen LogP) is 2.47. The molecule has 0 radical (unpaired) electrons. The van der Waals surface area contributed by atoms with Crippen molar-refractivity contribution in [1.29, 1.82) is 0 Å². The molecule has 0 aliphatic carbocycles. The van der Waals surface area contributed by atoms with Crippen molar-refractivity contribution >= 4 is 0 Å². The van der Waals surface area contributed by atoms with Crippen LogP contribution >= 0.6 is 0 Å². The topological polar surface area (TPSA) is 32.7 Å². The molecule has 0 bridgehead atoms. The van der Waals surface area contributed by atoms with Gasteiger partial charge in [-0.3, -0.25) is 4.90 Å². The molecule has 1 saturated heterocycles. The second-order valence-corrected chi connectivity index (χ2v) is 5.57. The van der Waals surface area contributed by atoms with Gasteiger partial charge in [-0.1, -0.05) is 19.1 Å². The van der Waals surface area contributed by atoms with Gasteiger partial charge in [0.25, 0.3) is 0 Å². The van der Waals surface area contributed by atoms with Crippen LogP contribution in [0.5, 0.6) is 5.75 Å². The third-order valence-electron chi connectivity index (χ3n) is 4.03. The van der Waals surface area contributed by atoms with Crippen LogP contribution in [0.4, 0.5) is 0 Å². The van der Waals surface area contributed by atoms with E-state index < -0.39 is 0 Å². The molecule has 1 aromatic rings. The molecular formula is C16H25NO2. The van der Waals surface area contributed by atoms with E-state index >= 15 is 0 Å². The normalized spacial score (nSPS) is 23.7. The second kappa shape index (κ2) is 6.92. The smallest absolute Gasteiger partial charge is 0.119 e. The van der Waals surface area contributed by atoms with Crippen LogP contribution in [0, 0.1) is 12.8 Å². The predicted molar refractivity (Wildman–Crippen MR) is 77.5 cm³/mol. The van der Waals surface area contributed by atoms with Gasteiger partial charge in [0.1, 0.15) is 5.75 Å². The van der Waals surface area contributed by atoms with Gasteiger partial charge in [-0.15, -0.1) is 0 Å². The van der Waals surface area contributed by atoms with Gasteiger partial charge in [0, 0.05) is 12.6 Å². The highest BCUT2D eigenvalue weighted by atomic mass is 16.5. The van der Waals surface area contributed by atoms with E-state index in [0.29, 0.717) is 12.0 Å². The van der Waals surface area contributed by atoms with Crippen molar-refractivity contribution in [1.82, 2.24) is 4.90 Å². The van der Waals surface area contributed by atoms with Crippen LogP contribution in [-0.4, -0.2) is 42.4 Å². The fourth-order valence-electron chi connectivity index (χ4n) is 2.82. The fourth-order valence-corrected chi connectivity index (χ4v) is 2.82. The zero-order valence-electron chi connectivity index (χ0n) is 12.0. The first-order chi connectivity index (χ1) is 9.20. The summed E-state index contributed by atoms with van der Waals surface area (Å²) in [5.41, 5.74) is 1.23. The number of likely N-dealkylation sites (tertiary alicyclic amines) is 1. The van der Waals surface area contributed by atoms with E-state index in [0.717, 1.165) is 31.9 Å². The average Bonchev–Trinajstić information content (AvgIpc) is 2.75. The molecule has 2 atom stereocenters. The van der Waals surface area contributed by atoms with Gasteiger partial charge in [0.05, 0.1) is 13.2 Å². The lowest BCUT2D eigenvalue weighted by Gasteiger charge is -2.24. The summed E-state index contributed by atoms with van der Waals surface area (Å²) < 4.78 is 5.75. The van der Waals surface area contributed by atoms with E-state index in [1.54, 1.807) is 0 Å². The molecule has 0 saturated carbocycles. The lowest BCUT2D eigenvalue weighted by atomic mass is 10.0. The van der Waals surface area contributed by atoms with Crippen molar-refractivity contribution in [3.8, 4) is 5.75 Å². The molecule has 2 unspecified atom stereocenters. The van der Waals surface area contributed by atoms with Gasteiger partial charge in [-0.25, -0.2) is 0 Å². The summed E-state index contributed by atoms with van der Waals surface area (Å²) in [5.74, 6) is 1.57. The molecule has 0 spiro atoms. The molecule has 0 aromatic heterocycles. The van der Waals surface area contributed by atoms with Crippen LogP contribution in [0.2, 0.25) is 0 Å². The van der Waals surface area contributed by atoms with Crippen molar-refractivity contribution in [2.45, 2.75) is 32.7 Å². The summed E-state index contributed by atoms with van der Waals surface area (Å²) in [6.07, 6.45) is 2.21. The quantitative estimate of drug-likeness (QED) is 0.800. The average molecular weight is 263 g/mol. The zero-order valence-corrected chi connectivity index (χ0v) is 12.0. The van der Waals surface area contributed by atoms with Gasteiger partial charge in [0.15, 0.2) is 0 Å². The molecule has 0 amide bonds. The number of ether oxygens (including phenoxy) is 1. The Morgan fingerprint density at radius 3 is 3.00 bits per heavy atom. The molecule has 1 aliphatic heterocycles. The Morgan fingerprint density at radius 2 is 2.26 bits per heavy atom. The van der Waals surface area contributed by atoms with Gasteiger partial charge >= 0.3 is 0 Å². The van der Waals surface area contributed by atoms with Gasteiger partial charge in [-0.2, -0.15) is 0 Å². The molecule has 1 aliphatic rings. The van der Waals surface area contributed by atoms with Gasteiger partial charge in [0.2, 0.25) is 0 Å². The minimum atomic E-state index is 0.278. The Morgan fingerprint density at radius 1 is 1.42 bits per heavy atom. The van der Waals surface area contributed by atoms with Crippen molar-refractivity contribution in [3.63, 3.8) is 0 Å². The third kappa shape index (κ3) is 3.95. The Labute approximate surface area is 116 Å². The van der Waals surface area contributed by atoms with Crippen LogP contribution < -0.4 is 4.74 Å². The van der Waals surface area contributed by atoms with Crippen molar-refractivity contribution in [2.75, 3.05) is 26.3 Å². The summed E-state index contributed by atoms with van der Waals surface area (Å²) in [5, 5.41) is 9.40. The van der Waals surface area contributed by atoms with Gasteiger partial charge in [-0.05, 0) is 49.9 Å². The molecule has 1 heterocycles. The largest absolute Gasteiger partial charge is 0.494 e. The summed E-state index contributed by atoms with van der Waals surface area (Å²) in [4.78, 5) is 2.39. The van der Waals surface area contributed by atoms with Crippen molar-refractivity contribution in [3.05, 3.63) is 29.8 Å². The lowest BCUT2D eigenvalue weighted by molar-refractivity contribution is 0.133. The number of nitrogens with zero attached hydrogens (tertiary/aromatic N) is 1. The monoisotopic (exact) mass is 263 g/mol. The number of hydrogen-bond acceptors (Lipinski definition) is 3. The molecule has 1 N–H and O–H groups in total. The standard InChI is InChI=1S/C16H25NO2/c1-13-5-3-6-15(11-13)19-10-4-8-17-9-7-14(2)16(17)12-18/h3,5-6,11,14,16,18H,4,7-10,12H2,1-2H3. The summed E-state index contributed by atoms with van der Waals surface area (Å²) in [6.45, 7) is 7.44. The van der Waals surface area contributed by atoms with E-state index in [2.05, 4.69) is 30.9 Å². The molecule has 1 aromatic carbocycles. The molecule has 19 heavy (non-hydrogen) atoms. The Kier molecular flexibility index (Phi) is 5.23. The summed E-state index contributed by atoms with van der Waals surface area (Å²) >= 11 is 0. The molecular weight excluding hydrogens is 238 g/mol. The minimum absolute atomic E-state index is 0.278. The fraction of sp³-hybridized carbons (Fsp3) is 0.625. The first kappa shape index (κ1) is 14.4. The van der Waals surface area contributed by atoms with E-state index in [1.807, 2.05) is 12.1 Å². The number of hydrogen-bond donors (Lipinski definition) is 1. The first-order valence-electron chi connectivity index (χ1n) is 7.25. The van der Waals surface area contributed by atoms with Crippen molar-refractivity contribution < 1.29 is 9.84 Å². The number of aliphatic hydroxyl groups is 1. The molecule has 1 fully saturated rings. The second-order valence-electron chi connectivity index (χ2n) is 5.57. The van der Waals surface area contributed by atoms with Crippen LogP contribution in [0.15, 0.2) is 24.3 Å². The van der Waals surface area contributed by atoms with E-state index in [-0.39, 0.29) is 6.61 Å². The summed E-state index contributed by atoms with van der Waals surface area (Å²) in [7, 11) is 0. The van der Waals surface area contributed by atoms with Crippen molar-refractivity contribution in [2.24, 2.45) is 5.92 Å². The minimum Gasteiger partial charge on any atom is -0.494 e. The van der Waals surface area contributed by atoms with E-state index in [9.17, 15) is 5.11 Å². The SMILES string of the molecule is Cc1cccc(OCCCN2CCC(C)C2CO)c1. The Hall–Kier alpha value is -1.06. The highest BCUT2D eigenvalue weighted by Gasteiger charge is 2.29. The maximum absolute atomic E-state index is 9.40.